The Kier molecular flexibility index (Phi) is 4.54. The van der Waals surface area contributed by atoms with Crippen molar-refractivity contribution in [3.8, 4) is 0 Å². The first-order valence-electron chi connectivity index (χ1n) is 5.37. The van der Waals surface area contributed by atoms with E-state index in [0.29, 0.717) is 13.2 Å². The Morgan fingerprint density at radius 2 is 2.25 bits per heavy atom. The number of nitrogens with zero attached hydrogens (tertiary/aromatic N) is 1. The van der Waals surface area contributed by atoms with E-state index in [2.05, 4.69) is 5.32 Å². The van der Waals surface area contributed by atoms with E-state index in [1.807, 2.05) is 13.8 Å². The average molecular weight is 230 g/mol. The number of ether oxygens (including phenoxy) is 1. The van der Waals surface area contributed by atoms with Crippen LogP contribution in [-0.4, -0.2) is 53.8 Å². The molecular weight excluding hydrogens is 212 g/mol. The first-order chi connectivity index (χ1) is 7.50. The Labute approximate surface area is 94.6 Å². The van der Waals surface area contributed by atoms with Crippen molar-refractivity contribution >= 4 is 12.0 Å². The maximum absolute atomic E-state index is 11.8. The van der Waals surface area contributed by atoms with Gasteiger partial charge >= 0.3 is 12.0 Å². The number of nitrogens with one attached hydrogen (secondary N) is 1. The standard InChI is InChI=1S/C10H18N2O4/c1-7(2)11-10(15)12-3-4-16-6-8(12)5-9(13)14/h7-8H,3-6H2,1-2H3,(H,11,15)(H,13,14). The van der Waals surface area contributed by atoms with Crippen molar-refractivity contribution in [2.45, 2.75) is 32.4 Å². The lowest BCUT2D eigenvalue weighted by Crippen LogP contribution is -2.54. The van der Waals surface area contributed by atoms with Gasteiger partial charge in [0, 0.05) is 12.6 Å². The zero-order valence-corrected chi connectivity index (χ0v) is 9.60. The molecule has 0 aromatic carbocycles. The van der Waals surface area contributed by atoms with Gasteiger partial charge in [-0.25, -0.2) is 4.79 Å². The SMILES string of the molecule is CC(C)NC(=O)N1CCOCC1CC(=O)O. The predicted molar refractivity (Wildman–Crippen MR) is 57.2 cm³/mol. The van der Waals surface area contributed by atoms with Gasteiger partial charge in [0.15, 0.2) is 0 Å². The average Bonchev–Trinajstić information content (AvgIpc) is 2.16. The van der Waals surface area contributed by atoms with E-state index in [-0.39, 0.29) is 31.1 Å². The maximum atomic E-state index is 11.8. The Morgan fingerprint density at radius 1 is 1.56 bits per heavy atom. The van der Waals surface area contributed by atoms with Gasteiger partial charge in [-0.3, -0.25) is 4.79 Å². The van der Waals surface area contributed by atoms with Crippen molar-refractivity contribution < 1.29 is 19.4 Å². The number of aliphatic carboxylic acids is 1. The second kappa shape index (κ2) is 5.69. The van der Waals surface area contributed by atoms with Gasteiger partial charge in [-0.2, -0.15) is 0 Å². The molecule has 0 bridgehead atoms. The van der Waals surface area contributed by atoms with Crippen LogP contribution in [0.3, 0.4) is 0 Å². The van der Waals surface area contributed by atoms with Crippen molar-refractivity contribution in [2.24, 2.45) is 0 Å². The molecular formula is C10H18N2O4. The molecule has 1 aliphatic rings. The lowest BCUT2D eigenvalue weighted by atomic mass is 10.1. The number of carbonyl (C=O) groups excluding carboxylic acids is 1. The number of hydrogen-bond donors (Lipinski definition) is 2. The topological polar surface area (TPSA) is 78.9 Å². The highest BCUT2D eigenvalue weighted by atomic mass is 16.5. The lowest BCUT2D eigenvalue weighted by molar-refractivity contribution is -0.139. The minimum atomic E-state index is -0.919. The van der Waals surface area contributed by atoms with Crippen molar-refractivity contribution in [3.63, 3.8) is 0 Å². The Balaban J connectivity index is 2.58. The van der Waals surface area contributed by atoms with Crippen molar-refractivity contribution in [2.75, 3.05) is 19.8 Å². The molecule has 0 radical (unpaired) electrons. The number of carbonyl (C=O) groups is 2. The molecule has 0 saturated carbocycles. The fourth-order valence-corrected chi connectivity index (χ4v) is 1.62. The molecule has 1 fully saturated rings. The fraction of sp³-hybridized carbons (Fsp3) is 0.800. The third-order valence-electron chi connectivity index (χ3n) is 2.31. The van der Waals surface area contributed by atoms with E-state index in [1.54, 1.807) is 0 Å². The van der Waals surface area contributed by atoms with Gasteiger partial charge in [0.25, 0.3) is 0 Å². The molecule has 1 rings (SSSR count). The van der Waals surface area contributed by atoms with Crippen molar-refractivity contribution in [1.29, 1.82) is 0 Å². The minimum absolute atomic E-state index is 0.0424. The molecule has 1 aliphatic heterocycles. The second-order valence-corrected chi connectivity index (χ2v) is 4.12. The summed E-state index contributed by atoms with van der Waals surface area (Å²) < 4.78 is 5.18. The second-order valence-electron chi connectivity index (χ2n) is 4.12. The summed E-state index contributed by atoms with van der Waals surface area (Å²) in [6, 6.07) is -0.546. The van der Waals surface area contributed by atoms with E-state index < -0.39 is 5.97 Å². The van der Waals surface area contributed by atoms with Gasteiger partial charge in [0.1, 0.15) is 0 Å². The molecule has 0 aromatic heterocycles. The molecule has 1 unspecified atom stereocenters. The van der Waals surface area contributed by atoms with Crippen LogP contribution in [0.15, 0.2) is 0 Å². The first kappa shape index (κ1) is 12.8. The zero-order chi connectivity index (χ0) is 12.1. The number of urea groups is 1. The summed E-state index contributed by atoms with van der Waals surface area (Å²) >= 11 is 0. The molecule has 0 aliphatic carbocycles. The molecule has 92 valence electrons. The van der Waals surface area contributed by atoms with Crippen LogP contribution in [-0.2, 0) is 9.53 Å². The van der Waals surface area contributed by atoms with Crippen molar-refractivity contribution in [3.05, 3.63) is 0 Å². The molecule has 6 nitrogen and oxygen atoms in total. The number of amides is 2. The van der Waals surface area contributed by atoms with Gasteiger partial charge in [0.2, 0.25) is 0 Å². The summed E-state index contributed by atoms with van der Waals surface area (Å²) in [6.07, 6.45) is -0.0779. The predicted octanol–water partition coefficient (Wildman–Crippen LogP) is 0.280. The van der Waals surface area contributed by atoms with Gasteiger partial charge in [-0.1, -0.05) is 0 Å². The maximum Gasteiger partial charge on any atom is 0.318 e. The summed E-state index contributed by atoms with van der Waals surface area (Å²) in [5.74, 6) is -0.919. The van der Waals surface area contributed by atoms with Crippen molar-refractivity contribution in [1.82, 2.24) is 10.2 Å². The number of carboxylic acids is 1. The third kappa shape index (κ3) is 3.69. The number of morpholine rings is 1. The van der Waals surface area contributed by atoms with Crippen LogP contribution >= 0.6 is 0 Å². The van der Waals surface area contributed by atoms with E-state index >= 15 is 0 Å². The molecule has 1 saturated heterocycles. The van der Waals surface area contributed by atoms with E-state index in [4.69, 9.17) is 9.84 Å². The lowest BCUT2D eigenvalue weighted by Gasteiger charge is -2.35. The van der Waals surface area contributed by atoms with Crippen LogP contribution in [0.1, 0.15) is 20.3 Å². The quantitative estimate of drug-likeness (QED) is 0.730. The first-order valence-corrected chi connectivity index (χ1v) is 5.37. The van der Waals surface area contributed by atoms with Crippen LogP contribution in [0.4, 0.5) is 4.79 Å². The van der Waals surface area contributed by atoms with E-state index in [1.165, 1.54) is 4.90 Å². The molecule has 1 heterocycles. The normalized spacial score (nSPS) is 20.9. The smallest absolute Gasteiger partial charge is 0.318 e. The molecule has 2 N–H and O–H groups in total. The number of rotatable bonds is 3. The monoisotopic (exact) mass is 230 g/mol. The molecule has 6 heteroatoms. The zero-order valence-electron chi connectivity index (χ0n) is 9.60. The van der Waals surface area contributed by atoms with Gasteiger partial charge in [-0.05, 0) is 13.8 Å². The Hall–Kier alpha value is -1.30. The fourth-order valence-electron chi connectivity index (χ4n) is 1.62. The van der Waals surface area contributed by atoms with Gasteiger partial charge in [0.05, 0.1) is 25.7 Å². The summed E-state index contributed by atoms with van der Waals surface area (Å²) in [4.78, 5) is 24.0. The molecule has 1 atom stereocenters. The van der Waals surface area contributed by atoms with E-state index in [9.17, 15) is 9.59 Å². The highest BCUT2D eigenvalue weighted by molar-refractivity contribution is 5.76. The third-order valence-corrected chi connectivity index (χ3v) is 2.31. The summed E-state index contributed by atoms with van der Waals surface area (Å²) in [5, 5.41) is 11.5. The van der Waals surface area contributed by atoms with Crippen LogP contribution < -0.4 is 5.32 Å². The summed E-state index contributed by atoms with van der Waals surface area (Å²) in [5.41, 5.74) is 0. The minimum Gasteiger partial charge on any atom is -0.481 e. The highest BCUT2D eigenvalue weighted by Gasteiger charge is 2.29. The summed E-state index contributed by atoms with van der Waals surface area (Å²) in [6.45, 7) is 4.92. The van der Waals surface area contributed by atoms with E-state index in [0.717, 1.165) is 0 Å². The van der Waals surface area contributed by atoms with Gasteiger partial charge < -0.3 is 20.1 Å². The van der Waals surface area contributed by atoms with Crippen LogP contribution in [0.2, 0.25) is 0 Å². The number of hydrogen-bond acceptors (Lipinski definition) is 3. The largest absolute Gasteiger partial charge is 0.481 e. The van der Waals surface area contributed by atoms with Gasteiger partial charge in [-0.15, -0.1) is 0 Å². The Morgan fingerprint density at radius 3 is 2.81 bits per heavy atom. The Bertz CT molecular complexity index is 268. The molecule has 2 amide bonds. The highest BCUT2D eigenvalue weighted by Crippen LogP contribution is 2.11. The van der Waals surface area contributed by atoms with Crippen LogP contribution in [0, 0.1) is 0 Å². The summed E-state index contributed by atoms with van der Waals surface area (Å²) in [7, 11) is 0. The molecule has 0 aromatic rings. The molecule has 0 spiro atoms. The molecule has 16 heavy (non-hydrogen) atoms. The van der Waals surface area contributed by atoms with Crippen LogP contribution in [0.25, 0.3) is 0 Å². The van der Waals surface area contributed by atoms with Crippen LogP contribution in [0.5, 0.6) is 0 Å². The number of carboxylic acid groups (broad SMARTS) is 1.